The predicted octanol–water partition coefficient (Wildman–Crippen LogP) is 2.55. The zero-order chi connectivity index (χ0) is 17.7. The minimum Gasteiger partial charge on any atom is -0.468 e. The van der Waals surface area contributed by atoms with Gasteiger partial charge in [-0.2, -0.15) is 13.2 Å². The first-order valence-corrected chi connectivity index (χ1v) is 7.08. The minimum atomic E-state index is -4.48. The van der Waals surface area contributed by atoms with Crippen LogP contribution in [0.25, 0.3) is 0 Å². The molecule has 23 heavy (non-hydrogen) atoms. The number of amides is 1. The van der Waals surface area contributed by atoms with Gasteiger partial charge in [-0.15, -0.1) is 0 Å². The summed E-state index contributed by atoms with van der Waals surface area (Å²) in [4.78, 5) is 15.8. The third-order valence-corrected chi connectivity index (χ3v) is 2.75. The average molecular weight is 334 g/mol. The SMILES string of the molecule is CC(C)(C)CC(CO)NC(=O)c1cccc(OCC(F)(F)F)n1. The lowest BCUT2D eigenvalue weighted by molar-refractivity contribution is -0.154. The van der Waals surface area contributed by atoms with Gasteiger partial charge in [-0.25, -0.2) is 4.98 Å². The number of hydrogen-bond donors (Lipinski definition) is 2. The van der Waals surface area contributed by atoms with Gasteiger partial charge in [0.05, 0.1) is 12.6 Å². The molecule has 1 heterocycles. The minimum absolute atomic E-state index is 0.0722. The number of aromatic nitrogens is 1. The van der Waals surface area contributed by atoms with Gasteiger partial charge in [0.2, 0.25) is 5.88 Å². The Morgan fingerprint density at radius 3 is 2.52 bits per heavy atom. The highest BCUT2D eigenvalue weighted by Crippen LogP contribution is 2.21. The van der Waals surface area contributed by atoms with E-state index in [1.165, 1.54) is 18.2 Å². The van der Waals surface area contributed by atoms with E-state index in [-0.39, 0.29) is 23.6 Å². The number of nitrogens with zero attached hydrogens (tertiary/aromatic N) is 1. The van der Waals surface area contributed by atoms with E-state index in [9.17, 15) is 23.1 Å². The van der Waals surface area contributed by atoms with Crippen LogP contribution in [0.15, 0.2) is 18.2 Å². The Labute approximate surface area is 132 Å². The van der Waals surface area contributed by atoms with Crippen LogP contribution in [0.4, 0.5) is 13.2 Å². The van der Waals surface area contributed by atoms with Gasteiger partial charge in [0.25, 0.3) is 5.91 Å². The molecule has 0 fully saturated rings. The van der Waals surface area contributed by atoms with Crippen molar-refractivity contribution in [3.8, 4) is 5.88 Å². The summed E-state index contributed by atoms with van der Waals surface area (Å²) in [6.45, 7) is 4.17. The van der Waals surface area contributed by atoms with Gasteiger partial charge in [-0.3, -0.25) is 4.79 Å². The largest absolute Gasteiger partial charge is 0.468 e. The molecule has 0 bridgehead atoms. The van der Waals surface area contributed by atoms with Crippen LogP contribution in [0.5, 0.6) is 5.88 Å². The second-order valence-electron chi connectivity index (χ2n) is 6.38. The van der Waals surface area contributed by atoms with Crippen LogP contribution >= 0.6 is 0 Å². The van der Waals surface area contributed by atoms with Crippen LogP contribution in [0.2, 0.25) is 0 Å². The highest BCUT2D eigenvalue weighted by molar-refractivity contribution is 5.92. The number of halogens is 3. The lowest BCUT2D eigenvalue weighted by Gasteiger charge is -2.25. The molecule has 1 aromatic rings. The van der Waals surface area contributed by atoms with Crippen molar-refractivity contribution in [2.75, 3.05) is 13.2 Å². The molecule has 8 heteroatoms. The van der Waals surface area contributed by atoms with E-state index >= 15 is 0 Å². The molecule has 1 amide bonds. The first-order chi connectivity index (χ1) is 10.5. The molecule has 0 aliphatic rings. The molecule has 1 rings (SSSR count). The Balaban J connectivity index is 2.72. The van der Waals surface area contributed by atoms with E-state index in [0.29, 0.717) is 6.42 Å². The third-order valence-electron chi connectivity index (χ3n) is 2.75. The first kappa shape index (κ1) is 19.2. The second-order valence-corrected chi connectivity index (χ2v) is 6.38. The van der Waals surface area contributed by atoms with Crippen LogP contribution in [-0.2, 0) is 0 Å². The van der Waals surface area contributed by atoms with Gasteiger partial charge in [-0.1, -0.05) is 26.8 Å². The van der Waals surface area contributed by atoms with Gasteiger partial charge in [0.1, 0.15) is 5.69 Å². The molecular formula is C15H21F3N2O3. The summed E-state index contributed by atoms with van der Waals surface area (Å²) < 4.78 is 40.9. The molecule has 0 saturated carbocycles. The highest BCUT2D eigenvalue weighted by Gasteiger charge is 2.29. The van der Waals surface area contributed by atoms with Crippen LogP contribution in [-0.4, -0.2) is 41.4 Å². The highest BCUT2D eigenvalue weighted by atomic mass is 19.4. The van der Waals surface area contributed by atoms with Crippen LogP contribution in [0.1, 0.15) is 37.7 Å². The number of carbonyl (C=O) groups excluding carboxylic acids is 1. The molecule has 1 unspecified atom stereocenters. The predicted molar refractivity (Wildman–Crippen MR) is 78.2 cm³/mol. The quantitative estimate of drug-likeness (QED) is 0.839. The summed E-state index contributed by atoms with van der Waals surface area (Å²) in [6.07, 6.45) is -3.94. The van der Waals surface area contributed by atoms with Crippen molar-refractivity contribution in [2.45, 2.75) is 39.4 Å². The van der Waals surface area contributed by atoms with Crippen molar-refractivity contribution >= 4 is 5.91 Å². The second kappa shape index (κ2) is 7.63. The van der Waals surface area contributed by atoms with Gasteiger partial charge in [0.15, 0.2) is 6.61 Å². The summed E-state index contributed by atoms with van der Waals surface area (Å²) in [5, 5.41) is 11.9. The van der Waals surface area contributed by atoms with E-state index in [2.05, 4.69) is 15.0 Å². The Morgan fingerprint density at radius 2 is 2.00 bits per heavy atom. The number of hydrogen-bond acceptors (Lipinski definition) is 4. The zero-order valence-electron chi connectivity index (χ0n) is 13.3. The Hall–Kier alpha value is -1.83. The van der Waals surface area contributed by atoms with Crippen molar-refractivity contribution in [3.05, 3.63) is 23.9 Å². The summed E-state index contributed by atoms with van der Waals surface area (Å²) in [5.74, 6) is -0.864. The van der Waals surface area contributed by atoms with E-state index in [1.807, 2.05) is 20.8 Å². The number of aliphatic hydroxyl groups excluding tert-OH is 1. The summed E-state index contributed by atoms with van der Waals surface area (Å²) in [7, 11) is 0. The average Bonchev–Trinajstić information content (AvgIpc) is 2.42. The topological polar surface area (TPSA) is 71.5 Å². The van der Waals surface area contributed by atoms with E-state index in [4.69, 9.17) is 0 Å². The molecule has 0 aliphatic heterocycles. The van der Waals surface area contributed by atoms with Crippen molar-refractivity contribution in [1.29, 1.82) is 0 Å². The van der Waals surface area contributed by atoms with Crippen LogP contribution in [0, 0.1) is 5.41 Å². The summed E-state index contributed by atoms with van der Waals surface area (Å²) in [6, 6.07) is 3.51. The number of pyridine rings is 1. The summed E-state index contributed by atoms with van der Waals surface area (Å²) >= 11 is 0. The van der Waals surface area contributed by atoms with Crippen LogP contribution in [0.3, 0.4) is 0 Å². The van der Waals surface area contributed by atoms with Gasteiger partial charge in [0, 0.05) is 6.07 Å². The zero-order valence-corrected chi connectivity index (χ0v) is 13.3. The molecular weight excluding hydrogens is 313 g/mol. The fourth-order valence-electron chi connectivity index (χ4n) is 1.94. The number of carbonyl (C=O) groups is 1. The molecule has 0 spiro atoms. The number of rotatable bonds is 6. The number of alkyl halides is 3. The Kier molecular flexibility index (Phi) is 6.37. The lowest BCUT2D eigenvalue weighted by Crippen LogP contribution is -2.40. The normalized spacial score (nSPS) is 13.5. The lowest BCUT2D eigenvalue weighted by atomic mass is 9.88. The molecule has 0 aromatic carbocycles. The number of aliphatic hydroxyl groups is 1. The Morgan fingerprint density at radius 1 is 1.35 bits per heavy atom. The van der Waals surface area contributed by atoms with Crippen LogP contribution < -0.4 is 10.1 Å². The molecule has 1 atom stereocenters. The fourth-order valence-corrected chi connectivity index (χ4v) is 1.94. The molecule has 0 aliphatic carbocycles. The molecule has 5 nitrogen and oxygen atoms in total. The maximum Gasteiger partial charge on any atom is 0.422 e. The van der Waals surface area contributed by atoms with Crippen molar-refractivity contribution in [3.63, 3.8) is 0 Å². The fraction of sp³-hybridized carbons (Fsp3) is 0.600. The number of nitrogens with one attached hydrogen (secondary N) is 1. The van der Waals surface area contributed by atoms with Crippen molar-refractivity contribution in [1.82, 2.24) is 10.3 Å². The first-order valence-electron chi connectivity index (χ1n) is 7.08. The molecule has 0 radical (unpaired) electrons. The molecule has 0 saturated heterocycles. The number of ether oxygens (including phenoxy) is 1. The smallest absolute Gasteiger partial charge is 0.422 e. The molecule has 130 valence electrons. The monoisotopic (exact) mass is 334 g/mol. The maximum atomic E-state index is 12.1. The van der Waals surface area contributed by atoms with E-state index < -0.39 is 24.7 Å². The summed E-state index contributed by atoms with van der Waals surface area (Å²) in [5.41, 5.74) is -0.178. The standard InChI is InChI=1S/C15H21F3N2O3/c1-14(2,3)7-10(8-21)19-13(22)11-5-4-6-12(20-11)23-9-15(16,17)18/h4-6,10,21H,7-9H2,1-3H3,(H,19,22). The Bertz CT molecular complexity index is 527. The third kappa shape index (κ3) is 7.83. The molecule has 2 N–H and O–H groups in total. The van der Waals surface area contributed by atoms with Gasteiger partial charge >= 0.3 is 6.18 Å². The van der Waals surface area contributed by atoms with Crippen molar-refractivity contribution in [2.24, 2.45) is 5.41 Å². The van der Waals surface area contributed by atoms with Gasteiger partial charge in [-0.05, 0) is 17.9 Å². The van der Waals surface area contributed by atoms with Gasteiger partial charge < -0.3 is 15.2 Å². The maximum absolute atomic E-state index is 12.1. The van der Waals surface area contributed by atoms with E-state index in [0.717, 1.165) is 0 Å². The molecule has 1 aromatic heterocycles. The van der Waals surface area contributed by atoms with E-state index in [1.54, 1.807) is 0 Å². The van der Waals surface area contributed by atoms with Crippen molar-refractivity contribution < 1.29 is 27.8 Å².